The maximum absolute atomic E-state index is 11.9. The van der Waals surface area contributed by atoms with Crippen LogP contribution in [0.5, 0.6) is 11.5 Å². The van der Waals surface area contributed by atoms with Crippen molar-refractivity contribution in [1.29, 1.82) is 0 Å². The van der Waals surface area contributed by atoms with E-state index in [-0.39, 0.29) is 5.56 Å². The Morgan fingerprint density at radius 1 is 1.22 bits per heavy atom. The summed E-state index contributed by atoms with van der Waals surface area (Å²) < 4.78 is 6.96. The van der Waals surface area contributed by atoms with Crippen molar-refractivity contribution in [3.8, 4) is 11.5 Å². The standard InChI is InChI=1S/C20H19BrClN3O2/c1-12-13(9-15-11-18(25(2)3)20(26)24-23-15)7-8-17(22)19(12)27-16-6-4-5-14(21)10-16/h4-8,10-11H,9H2,1-3H3,(H,24,26). The lowest BCUT2D eigenvalue weighted by molar-refractivity contribution is 0.478. The molecule has 2 aromatic carbocycles. The van der Waals surface area contributed by atoms with Gasteiger partial charge in [-0.2, -0.15) is 5.10 Å². The van der Waals surface area contributed by atoms with Crippen LogP contribution in [0.1, 0.15) is 16.8 Å². The molecular weight excluding hydrogens is 430 g/mol. The second kappa shape index (κ2) is 8.15. The molecule has 0 amide bonds. The summed E-state index contributed by atoms with van der Waals surface area (Å²) in [5.41, 5.74) is 3.07. The lowest BCUT2D eigenvalue weighted by Gasteiger charge is -2.15. The Morgan fingerprint density at radius 3 is 2.70 bits per heavy atom. The minimum atomic E-state index is -0.213. The molecule has 7 heteroatoms. The summed E-state index contributed by atoms with van der Waals surface area (Å²) in [6.07, 6.45) is 0.551. The number of nitrogens with zero attached hydrogens (tertiary/aromatic N) is 2. The summed E-state index contributed by atoms with van der Waals surface area (Å²) in [6.45, 7) is 1.97. The molecule has 1 heterocycles. The van der Waals surface area contributed by atoms with Crippen LogP contribution in [0.25, 0.3) is 0 Å². The van der Waals surface area contributed by atoms with Gasteiger partial charge in [-0.15, -0.1) is 0 Å². The number of aromatic amines is 1. The van der Waals surface area contributed by atoms with Gasteiger partial charge >= 0.3 is 0 Å². The highest BCUT2D eigenvalue weighted by atomic mass is 79.9. The molecule has 3 aromatic rings. The zero-order valence-corrected chi connectivity index (χ0v) is 17.6. The number of hydrogen-bond acceptors (Lipinski definition) is 4. The van der Waals surface area contributed by atoms with Gasteiger partial charge in [-0.1, -0.05) is 39.7 Å². The van der Waals surface area contributed by atoms with Gasteiger partial charge in [-0.25, -0.2) is 5.10 Å². The molecule has 1 N–H and O–H groups in total. The van der Waals surface area contributed by atoms with Crippen molar-refractivity contribution < 1.29 is 4.74 Å². The fourth-order valence-electron chi connectivity index (χ4n) is 2.72. The van der Waals surface area contributed by atoms with Gasteiger partial charge in [-0.3, -0.25) is 4.79 Å². The van der Waals surface area contributed by atoms with E-state index in [2.05, 4.69) is 26.1 Å². The van der Waals surface area contributed by atoms with E-state index >= 15 is 0 Å². The third kappa shape index (κ3) is 4.51. The molecule has 140 valence electrons. The van der Waals surface area contributed by atoms with E-state index in [1.807, 2.05) is 57.4 Å². The van der Waals surface area contributed by atoms with Gasteiger partial charge in [0.25, 0.3) is 5.56 Å². The van der Waals surface area contributed by atoms with Gasteiger partial charge in [0.15, 0.2) is 0 Å². The van der Waals surface area contributed by atoms with Crippen molar-refractivity contribution >= 4 is 33.2 Å². The van der Waals surface area contributed by atoms with Crippen molar-refractivity contribution in [3.63, 3.8) is 0 Å². The zero-order valence-electron chi connectivity index (χ0n) is 15.2. The van der Waals surface area contributed by atoms with Crippen molar-refractivity contribution in [3.05, 3.63) is 79.1 Å². The lowest BCUT2D eigenvalue weighted by Crippen LogP contribution is -2.22. The summed E-state index contributed by atoms with van der Waals surface area (Å²) in [5.74, 6) is 1.31. The van der Waals surface area contributed by atoms with E-state index in [4.69, 9.17) is 16.3 Å². The molecule has 0 aliphatic carbocycles. The van der Waals surface area contributed by atoms with E-state index in [1.165, 1.54) is 0 Å². The van der Waals surface area contributed by atoms with E-state index in [0.29, 0.717) is 28.6 Å². The Hall–Kier alpha value is -2.31. The molecule has 0 spiro atoms. The molecule has 0 atom stereocenters. The first-order valence-electron chi connectivity index (χ1n) is 8.32. The van der Waals surface area contributed by atoms with Crippen LogP contribution in [-0.4, -0.2) is 24.3 Å². The van der Waals surface area contributed by atoms with Crippen LogP contribution in [0.15, 0.2) is 51.7 Å². The highest BCUT2D eigenvalue weighted by Crippen LogP contribution is 2.36. The molecule has 0 saturated heterocycles. The molecule has 0 bridgehead atoms. The second-order valence-corrected chi connectivity index (χ2v) is 7.69. The van der Waals surface area contributed by atoms with Gasteiger partial charge in [0.2, 0.25) is 0 Å². The molecule has 0 aliphatic heterocycles. The van der Waals surface area contributed by atoms with Crippen LogP contribution in [0.4, 0.5) is 5.69 Å². The average Bonchev–Trinajstić information content (AvgIpc) is 2.62. The topological polar surface area (TPSA) is 58.2 Å². The second-order valence-electron chi connectivity index (χ2n) is 6.36. The molecule has 5 nitrogen and oxygen atoms in total. The number of nitrogens with one attached hydrogen (secondary N) is 1. The van der Waals surface area contributed by atoms with Crippen LogP contribution >= 0.6 is 27.5 Å². The number of hydrogen-bond donors (Lipinski definition) is 1. The highest BCUT2D eigenvalue weighted by Gasteiger charge is 2.14. The normalized spacial score (nSPS) is 10.7. The fraction of sp³-hybridized carbons (Fsp3) is 0.200. The van der Waals surface area contributed by atoms with Gasteiger partial charge in [0.05, 0.1) is 10.7 Å². The number of halogens is 2. The highest BCUT2D eigenvalue weighted by molar-refractivity contribution is 9.10. The van der Waals surface area contributed by atoms with Crippen molar-refractivity contribution in [2.45, 2.75) is 13.3 Å². The Labute approximate surface area is 171 Å². The molecule has 0 radical (unpaired) electrons. The summed E-state index contributed by atoms with van der Waals surface area (Å²) >= 11 is 9.82. The minimum absolute atomic E-state index is 0.213. The molecule has 0 unspecified atom stereocenters. The quantitative estimate of drug-likeness (QED) is 0.600. The molecular formula is C20H19BrClN3O2. The van der Waals surface area contributed by atoms with Gasteiger partial charge < -0.3 is 9.64 Å². The number of rotatable bonds is 5. The lowest BCUT2D eigenvalue weighted by atomic mass is 10.0. The van der Waals surface area contributed by atoms with E-state index in [9.17, 15) is 4.79 Å². The summed E-state index contributed by atoms with van der Waals surface area (Å²) in [4.78, 5) is 13.6. The summed E-state index contributed by atoms with van der Waals surface area (Å²) in [7, 11) is 3.65. The first-order chi connectivity index (χ1) is 12.8. The zero-order chi connectivity index (χ0) is 19.6. The SMILES string of the molecule is Cc1c(Cc2cc(N(C)C)c(=O)[nH]n2)ccc(Cl)c1Oc1cccc(Br)c1. The minimum Gasteiger partial charge on any atom is -0.455 e. The Morgan fingerprint density at radius 2 is 2.00 bits per heavy atom. The molecule has 27 heavy (non-hydrogen) atoms. The van der Waals surface area contributed by atoms with Crippen LogP contribution in [0.3, 0.4) is 0 Å². The van der Waals surface area contributed by atoms with Crippen LogP contribution < -0.4 is 15.2 Å². The molecule has 1 aromatic heterocycles. The first kappa shape index (κ1) is 19.5. The van der Waals surface area contributed by atoms with Gasteiger partial charge in [0, 0.05) is 25.0 Å². The number of H-pyrrole nitrogens is 1. The summed E-state index contributed by atoms with van der Waals surface area (Å²) in [5, 5.41) is 7.25. The van der Waals surface area contributed by atoms with Crippen molar-refractivity contribution in [2.75, 3.05) is 19.0 Å². The van der Waals surface area contributed by atoms with E-state index in [1.54, 1.807) is 11.0 Å². The fourth-order valence-corrected chi connectivity index (χ4v) is 3.34. The Bertz CT molecular complexity index is 1030. The van der Waals surface area contributed by atoms with E-state index < -0.39 is 0 Å². The maximum Gasteiger partial charge on any atom is 0.287 e. The maximum atomic E-state index is 11.9. The Kier molecular flexibility index (Phi) is 5.87. The van der Waals surface area contributed by atoms with Crippen molar-refractivity contribution in [1.82, 2.24) is 10.2 Å². The predicted molar refractivity (Wildman–Crippen MR) is 112 cm³/mol. The van der Waals surface area contributed by atoms with Crippen molar-refractivity contribution in [2.24, 2.45) is 0 Å². The Balaban J connectivity index is 1.94. The predicted octanol–water partition coefficient (Wildman–Crippen LogP) is 4.94. The molecule has 0 aliphatic rings. The third-order valence-electron chi connectivity index (χ3n) is 4.18. The number of benzene rings is 2. The molecule has 0 fully saturated rings. The van der Waals surface area contributed by atoms with Crippen LogP contribution in [0.2, 0.25) is 5.02 Å². The monoisotopic (exact) mass is 447 g/mol. The van der Waals surface area contributed by atoms with Gasteiger partial charge in [0.1, 0.15) is 17.2 Å². The number of aromatic nitrogens is 2. The van der Waals surface area contributed by atoms with Gasteiger partial charge in [-0.05, 0) is 48.4 Å². The number of anilines is 1. The molecule has 0 saturated carbocycles. The van der Waals surface area contributed by atoms with E-state index in [0.717, 1.165) is 21.3 Å². The molecule has 3 rings (SSSR count). The smallest absolute Gasteiger partial charge is 0.287 e. The number of ether oxygens (including phenoxy) is 1. The first-order valence-corrected chi connectivity index (χ1v) is 9.49. The largest absolute Gasteiger partial charge is 0.455 e. The van der Waals surface area contributed by atoms with Crippen LogP contribution in [0, 0.1) is 6.92 Å². The average molecular weight is 449 g/mol. The van der Waals surface area contributed by atoms with Crippen LogP contribution in [-0.2, 0) is 6.42 Å². The third-order valence-corrected chi connectivity index (χ3v) is 4.97. The summed E-state index contributed by atoms with van der Waals surface area (Å²) in [6, 6.07) is 13.2.